The molecule has 38 heavy (non-hydrogen) atoms. The monoisotopic (exact) mass is 518 g/mol. The first kappa shape index (κ1) is 27.5. The van der Waals surface area contributed by atoms with Gasteiger partial charge < -0.3 is 20.9 Å². The number of nitrogens with one attached hydrogen (secondary N) is 3. The predicted octanol–water partition coefficient (Wildman–Crippen LogP) is 3.53. The largest absolute Gasteiger partial charge is 0.349 e. The Morgan fingerprint density at radius 2 is 1.53 bits per heavy atom. The summed E-state index contributed by atoms with van der Waals surface area (Å²) in [6.07, 6.45) is 4.61. The van der Waals surface area contributed by atoms with E-state index in [-0.39, 0.29) is 54.6 Å². The van der Waals surface area contributed by atoms with Gasteiger partial charge in [-0.05, 0) is 62.8 Å². The third-order valence-electron chi connectivity index (χ3n) is 7.64. The van der Waals surface area contributed by atoms with Gasteiger partial charge in [-0.25, -0.2) is 0 Å². The van der Waals surface area contributed by atoms with Crippen LogP contribution in [0.25, 0.3) is 0 Å². The van der Waals surface area contributed by atoms with E-state index < -0.39 is 0 Å². The number of carbonyl (C=O) groups excluding carboxylic acids is 4. The van der Waals surface area contributed by atoms with Crippen LogP contribution in [0.5, 0.6) is 0 Å². The molecule has 0 bridgehead atoms. The van der Waals surface area contributed by atoms with E-state index in [4.69, 9.17) is 0 Å². The lowest BCUT2D eigenvalue weighted by Gasteiger charge is -2.41. The molecule has 3 N–H and O–H groups in total. The fraction of sp³-hybridized carbons (Fsp3) is 0.467. The van der Waals surface area contributed by atoms with E-state index in [1.807, 2.05) is 36.1 Å². The Labute approximate surface area is 224 Å². The molecule has 0 spiro atoms. The summed E-state index contributed by atoms with van der Waals surface area (Å²) in [4.78, 5) is 51.5. The number of hydrogen-bond donors (Lipinski definition) is 3. The molecule has 1 heterocycles. The Kier molecular flexibility index (Phi) is 9.29. The lowest BCUT2D eigenvalue weighted by atomic mass is 9.83. The van der Waals surface area contributed by atoms with Crippen LogP contribution in [0.4, 0.5) is 5.69 Å². The Hall–Kier alpha value is -3.52. The third kappa shape index (κ3) is 6.67. The Bertz CT molecular complexity index is 1140. The number of rotatable bonds is 9. The molecule has 0 saturated heterocycles. The van der Waals surface area contributed by atoms with Crippen molar-refractivity contribution in [2.45, 2.75) is 70.5 Å². The van der Waals surface area contributed by atoms with E-state index in [2.05, 4.69) is 28.9 Å². The lowest BCUT2D eigenvalue weighted by molar-refractivity contribution is -0.128. The van der Waals surface area contributed by atoms with Crippen molar-refractivity contribution in [3.8, 4) is 0 Å². The molecule has 2 atom stereocenters. The van der Waals surface area contributed by atoms with Crippen molar-refractivity contribution < 1.29 is 19.2 Å². The quantitative estimate of drug-likeness (QED) is 0.471. The average Bonchev–Trinajstić information content (AvgIpc) is 2.95. The molecule has 2 aromatic rings. The van der Waals surface area contributed by atoms with Crippen molar-refractivity contribution in [1.82, 2.24) is 16.0 Å². The number of benzene rings is 2. The van der Waals surface area contributed by atoms with Gasteiger partial charge in [0.25, 0.3) is 5.91 Å². The van der Waals surface area contributed by atoms with Gasteiger partial charge >= 0.3 is 0 Å². The summed E-state index contributed by atoms with van der Waals surface area (Å²) in [6, 6.07) is 17.4. The first-order valence-corrected chi connectivity index (χ1v) is 13.7. The van der Waals surface area contributed by atoms with E-state index in [1.54, 1.807) is 24.3 Å². The van der Waals surface area contributed by atoms with E-state index in [0.717, 1.165) is 43.4 Å². The molecule has 8 heteroatoms. The van der Waals surface area contributed by atoms with E-state index in [9.17, 15) is 19.2 Å². The second-order valence-electron chi connectivity index (χ2n) is 10.3. The summed E-state index contributed by atoms with van der Waals surface area (Å²) in [6.45, 7) is 3.80. The molecule has 8 nitrogen and oxygen atoms in total. The highest BCUT2D eigenvalue weighted by molar-refractivity contribution is 5.97. The Morgan fingerprint density at radius 3 is 2.24 bits per heavy atom. The first-order valence-electron chi connectivity index (χ1n) is 13.7. The third-order valence-corrected chi connectivity index (χ3v) is 7.64. The van der Waals surface area contributed by atoms with Crippen molar-refractivity contribution in [2.75, 3.05) is 18.0 Å². The summed E-state index contributed by atoms with van der Waals surface area (Å²) < 4.78 is 0. The smallest absolute Gasteiger partial charge is 0.251 e. The molecule has 4 rings (SSSR count). The SMILES string of the molecule is CCC(=O)N1c2ccccc2[C@H](NC2CCC(C(=O)NCC(=O)CNC(=O)c3ccccc3)CC2)C[C@@H]1C. The maximum Gasteiger partial charge on any atom is 0.251 e. The van der Waals surface area contributed by atoms with Gasteiger partial charge in [-0.1, -0.05) is 43.3 Å². The number of anilines is 1. The fourth-order valence-electron chi connectivity index (χ4n) is 5.59. The van der Waals surface area contributed by atoms with Gasteiger partial charge in [0.15, 0.2) is 5.78 Å². The summed E-state index contributed by atoms with van der Waals surface area (Å²) >= 11 is 0. The highest BCUT2D eigenvalue weighted by atomic mass is 16.2. The van der Waals surface area contributed by atoms with Crippen molar-refractivity contribution in [1.29, 1.82) is 0 Å². The van der Waals surface area contributed by atoms with Crippen LogP contribution in [-0.4, -0.2) is 48.7 Å². The zero-order valence-electron chi connectivity index (χ0n) is 22.2. The van der Waals surface area contributed by atoms with Crippen LogP contribution >= 0.6 is 0 Å². The number of fused-ring (bicyclic) bond motifs is 1. The second kappa shape index (κ2) is 12.8. The topological polar surface area (TPSA) is 108 Å². The normalized spacial score (nSPS) is 22.7. The minimum Gasteiger partial charge on any atom is -0.349 e. The van der Waals surface area contributed by atoms with Crippen molar-refractivity contribution >= 4 is 29.2 Å². The van der Waals surface area contributed by atoms with Gasteiger partial charge in [0.05, 0.1) is 13.1 Å². The molecule has 202 valence electrons. The molecule has 1 fully saturated rings. The molecule has 2 aromatic carbocycles. The van der Waals surface area contributed by atoms with Crippen LogP contribution < -0.4 is 20.9 Å². The molecular weight excluding hydrogens is 480 g/mol. The van der Waals surface area contributed by atoms with Gasteiger partial charge in [-0.2, -0.15) is 0 Å². The Balaban J connectivity index is 1.22. The van der Waals surface area contributed by atoms with Crippen LogP contribution in [-0.2, 0) is 14.4 Å². The molecule has 3 amide bonds. The average molecular weight is 519 g/mol. The summed E-state index contributed by atoms with van der Waals surface area (Å²) in [5.74, 6) is -0.618. The standard InChI is InChI=1S/C30H38N4O4/c1-3-28(36)34-20(2)17-26(25-11-7-8-12-27(25)34)33-23-15-13-22(14-16-23)30(38)32-19-24(35)18-31-29(37)21-9-5-4-6-10-21/h4-12,20,22-23,26,33H,3,13-19H2,1-2H3,(H,31,37)(H,32,38)/t20-,22?,23?,26+/m0/s1. The van der Waals surface area contributed by atoms with Gasteiger partial charge in [0, 0.05) is 41.7 Å². The lowest BCUT2D eigenvalue weighted by Crippen LogP contribution is -2.47. The zero-order chi connectivity index (χ0) is 27.1. The first-order chi connectivity index (χ1) is 18.4. The number of hydrogen-bond acceptors (Lipinski definition) is 5. The van der Waals surface area contributed by atoms with Crippen molar-refractivity contribution in [3.05, 3.63) is 65.7 Å². The van der Waals surface area contributed by atoms with Crippen molar-refractivity contribution in [3.63, 3.8) is 0 Å². The summed E-state index contributed by atoms with van der Waals surface area (Å²) in [5.41, 5.74) is 2.64. The minimum absolute atomic E-state index is 0.0875. The number of nitrogens with zero attached hydrogens (tertiary/aromatic N) is 1. The Morgan fingerprint density at radius 1 is 0.868 bits per heavy atom. The fourth-order valence-corrected chi connectivity index (χ4v) is 5.59. The van der Waals surface area contributed by atoms with E-state index in [0.29, 0.717) is 18.0 Å². The zero-order valence-corrected chi connectivity index (χ0v) is 22.2. The van der Waals surface area contributed by atoms with Crippen LogP contribution in [0.1, 0.15) is 74.3 Å². The maximum absolute atomic E-state index is 12.7. The molecule has 1 aliphatic heterocycles. The van der Waals surface area contributed by atoms with E-state index >= 15 is 0 Å². The van der Waals surface area contributed by atoms with Gasteiger partial charge in [0.2, 0.25) is 11.8 Å². The van der Waals surface area contributed by atoms with Crippen LogP contribution in [0, 0.1) is 5.92 Å². The predicted molar refractivity (Wildman–Crippen MR) is 147 cm³/mol. The van der Waals surface area contributed by atoms with Crippen LogP contribution in [0.2, 0.25) is 0 Å². The second-order valence-corrected chi connectivity index (χ2v) is 10.3. The van der Waals surface area contributed by atoms with Gasteiger partial charge in [-0.15, -0.1) is 0 Å². The molecule has 2 aliphatic rings. The number of ketones is 1. The molecule has 1 aliphatic carbocycles. The minimum atomic E-state index is -0.309. The molecule has 1 saturated carbocycles. The molecule has 0 unspecified atom stereocenters. The van der Waals surface area contributed by atoms with Gasteiger partial charge in [0.1, 0.15) is 0 Å². The molecule has 0 radical (unpaired) electrons. The summed E-state index contributed by atoms with van der Waals surface area (Å²) in [7, 11) is 0. The number of amides is 3. The van der Waals surface area contributed by atoms with Crippen molar-refractivity contribution in [2.24, 2.45) is 5.92 Å². The number of Topliss-reactive ketones (excluding diaryl/α,β-unsaturated/α-hetero) is 1. The van der Waals surface area contributed by atoms with E-state index in [1.165, 1.54) is 0 Å². The maximum atomic E-state index is 12.7. The number of para-hydroxylation sites is 1. The highest BCUT2D eigenvalue weighted by Crippen LogP contribution is 2.38. The van der Waals surface area contributed by atoms with Crippen LogP contribution in [0.15, 0.2) is 54.6 Å². The highest BCUT2D eigenvalue weighted by Gasteiger charge is 2.35. The molecular formula is C30H38N4O4. The molecule has 0 aromatic heterocycles. The summed E-state index contributed by atoms with van der Waals surface area (Å²) in [5, 5.41) is 9.16. The van der Waals surface area contributed by atoms with Crippen LogP contribution in [0.3, 0.4) is 0 Å². The van der Waals surface area contributed by atoms with Gasteiger partial charge in [-0.3, -0.25) is 19.2 Å². The number of carbonyl (C=O) groups is 4.